The number of likely N-dealkylation sites (N-methyl/N-ethyl adjacent to an activating group) is 1. The van der Waals surface area contributed by atoms with Gasteiger partial charge >= 0.3 is 0 Å². The maximum atomic E-state index is 12.7. The van der Waals surface area contributed by atoms with E-state index in [1.807, 2.05) is 38.1 Å². The number of nitrogens with one attached hydrogen (secondary N) is 1. The molecule has 0 spiro atoms. The summed E-state index contributed by atoms with van der Waals surface area (Å²) in [6.07, 6.45) is 2.07. The maximum Gasteiger partial charge on any atom is 0.227 e. The summed E-state index contributed by atoms with van der Waals surface area (Å²) in [6.45, 7) is 5.93. The van der Waals surface area contributed by atoms with Crippen molar-refractivity contribution < 1.29 is 9.21 Å². The Labute approximate surface area is 127 Å². The van der Waals surface area contributed by atoms with Crippen molar-refractivity contribution in [1.82, 2.24) is 15.1 Å². The molecule has 5 heteroatoms. The van der Waals surface area contributed by atoms with Crippen molar-refractivity contribution in [2.24, 2.45) is 5.92 Å². The first-order valence-electron chi connectivity index (χ1n) is 7.76. The van der Waals surface area contributed by atoms with Gasteiger partial charge in [-0.2, -0.15) is 0 Å². The smallest absolute Gasteiger partial charge is 0.227 e. The van der Waals surface area contributed by atoms with Crippen LogP contribution in [0.1, 0.15) is 24.4 Å². The van der Waals surface area contributed by atoms with Crippen LogP contribution in [0.25, 0.3) is 0 Å². The van der Waals surface area contributed by atoms with E-state index in [1.165, 1.54) is 0 Å². The molecular weight excluding hydrogens is 266 g/mol. The van der Waals surface area contributed by atoms with Gasteiger partial charge in [0.1, 0.15) is 11.5 Å². The van der Waals surface area contributed by atoms with Gasteiger partial charge in [-0.15, -0.1) is 0 Å². The first-order valence-corrected chi connectivity index (χ1v) is 7.76. The second-order valence-electron chi connectivity index (χ2n) is 6.12. The third-order valence-electron chi connectivity index (χ3n) is 3.92. The maximum absolute atomic E-state index is 12.7. The molecule has 1 aliphatic rings. The van der Waals surface area contributed by atoms with Gasteiger partial charge in [0.2, 0.25) is 5.91 Å². The Balaban J connectivity index is 2.01. The summed E-state index contributed by atoms with van der Waals surface area (Å²) in [4.78, 5) is 16.8. The van der Waals surface area contributed by atoms with Crippen molar-refractivity contribution in [3.05, 3.63) is 23.7 Å². The van der Waals surface area contributed by atoms with E-state index in [4.69, 9.17) is 4.42 Å². The summed E-state index contributed by atoms with van der Waals surface area (Å²) in [5.74, 6) is 2.11. The fraction of sp³-hybridized carbons (Fsp3) is 0.688. The molecule has 0 bridgehead atoms. The second kappa shape index (κ2) is 7.61. The number of hydrogen-bond donors (Lipinski definition) is 1. The average Bonchev–Trinajstić information content (AvgIpc) is 2.89. The quantitative estimate of drug-likeness (QED) is 0.863. The van der Waals surface area contributed by atoms with E-state index in [1.54, 1.807) is 0 Å². The molecule has 1 aromatic heterocycles. The molecule has 21 heavy (non-hydrogen) atoms. The van der Waals surface area contributed by atoms with E-state index >= 15 is 0 Å². The molecule has 0 saturated carbocycles. The third-order valence-corrected chi connectivity index (χ3v) is 3.92. The molecule has 1 aliphatic heterocycles. The van der Waals surface area contributed by atoms with Crippen molar-refractivity contribution in [3.8, 4) is 0 Å². The molecule has 1 saturated heterocycles. The van der Waals surface area contributed by atoms with Gasteiger partial charge in [0.15, 0.2) is 0 Å². The second-order valence-corrected chi connectivity index (χ2v) is 6.12. The predicted molar refractivity (Wildman–Crippen MR) is 83.0 cm³/mol. The Bertz CT molecular complexity index is 450. The summed E-state index contributed by atoms with van der Waals surface area (Å²) in [6, 6.07) is 3.91. The molecule has 1 fully saturated rings. The molecule has 0 radical (unpaired) electrons. The lowest BCUT2D eigenvalue weighted by Crippen LogP contribution is -2.44. The van der Waals surface area contributed by atoms with Crippen LogP contribution >= 0.6 is 0 Å². The minimum absolute atomic E-state index is 0.108. The standard InChI is InChI=1S/C16H27N3O2/c1-13-6-7-15(21-13)12-19(10-9-18(2)3)16(20)14-5-4-8-17-11-14/h6-7,14,17H,4-5,8-12H2,1-3H3/t14-/m0/s1. The molecule has 2 heterocycles. The fourth-order valence-corrected chi connectivity index (χ4v) is 2.67. The summed E-state index contributed by atoms with van der Waals surface area (Å²) in [5.41, 5.74) is 0. The van der Waals surface area contributed by atoms with Crippen molar-refractivity contribution >= 4 is 5.91 Å². The average molecular weight is 293 g/mol. The Hall–Kier alpha value is -1.33. The third kappa shape index (κ3) is 4.86. The normalized spacial score (nSPS) is 19.0. The van der Waals surface area contributed by atoms with Crippen LogP contribution in [0.5, 0.6) is 0 Å². The Kier molecular flexibility index (Phi) is 5.82. The first kappa shape index (κ1) is 16.0. The number of furan rings is 1. The summed E-state index contributed by atoms with van der Waals surface area (Å²) in [5, 5.41) is 3.32. The summed E-state index contributed by atoms with van der Waals surface area (Å²) in [7, 11) is 4.06. The number of aryl methyl sites for hydroxylation is 1. The van der Waals surface area contributed by atoms with Crippen LogP contribution in [0, 0.1) is 12.8 Å². The Morgan fingerprint density at radius 1 is 1.38 bits per heavy atom. The highest BCUT2D eigenvalue weighted by Gasteiger charge is 2.26. The van der Waals surface area contributed by atoms with Gasteiger partial charge in [0, 0.05) is 19.6 Å². The number of rotatable bonds is 6. The highest BCUT2D eigenvalue weighted by molar-refractivity contribution is 5.79. The summed E-state index contributed by atoms with van der Waals surface area (Å²) >= 11 is 0. The molecule has 0 aromatic carbocycles. The highest BCUT2D eigenvalue weighted by Crippen LogP contribution is 2.16. The van der Waals surface area contributed by atoms with Crippen molar-refractivity contribution in [3.63, 3.8) is 0 Å². The zero-order valence-electron chi connectivity index (χ0n) is 13.4. The number of nitrogens with zero attached hydrogens (tertiary/aromatic N) is 2. The Morgan fingerprint density at radius 3 is 2.76 bits per heavy atom. The van der Waals surface area contributed by atoms with Crippen LogP contribution in [0.3, 0.4) is 0 Å². The molecular formula is C16H27N3O2. The molecule has 0 aliphatic carbocycles. The zero-order valence-corrected chi connectivity index (χ0v) is 13.4. The van der Waals surface area contributed by atoms with Crippen LogP contribution < -0.4 is 5.32 Å². The van der Waals surface area contributed by atoms with Crippen LogP contribution in [-0.4, -0.2) is 56.0 Å². The van der Waals surface area contributed by atoms with Gasteiger partial charge in [-0.05, 0) is 52.5 Å². The number of amides is 1. The van der Waals surface area contributed by atoms with Gasteiger partial charge < -0.3 is 19.5 Å². The van der Waals surface area contributed by atoms with E-state index in [0.717, 1.165) is 50.5 Å². The molecule has 1 aromatic rings. The highest BCUT2D eigenvalue weighted by atomic mass is 16.3. The molecule has 0 unspecified atom stereocenters. The van der Waals surface area contributed by atoms with Crippen LogP contribution in [0.15, 0.2) is 16.5 Å². The lowest BCUT2D eigenvalue weighted by atomic mass is 9.98. The van der Waals surface area contributed by atoms with Gasteiger partial charge in [0.05, 0.1) is 12.5 Å². The van der Waals surface area contributed by atoms with Gasteiger partial charge in [-0.25, -0.2) is 0 Å². The molecule has 1 amide bonds. The van der Waals surface area contributed by atoms with Gasteiger partial charge in [-0.1, -0.05) is 0 Å². The SMILES string of the molecule is Cc1ccc(CN(CCN(C)C)C(=O)[C@H]2CCCNC2)o1. The number of piperidine rings is 1. The van der Waals surface area contributed by atoms with E-state index in [-0.39, 0.29) is 11.8 Å². The number of carbonyl (C=O) groups is 1. The monoisotopic (exact) mass is 293 g/mol. The fourth-order valence-electron chi connectivity index (χ4n) is 2.67. The predicted octanol–water partition coefficient (Wildman–Crippen LogP) is 1.48. The van der Waals surface area contributed by atoms with E-state index < -0.39 is 0 Å². The largest absolute Gasteiger partial charge is 0.464 e. The molecule has 5 nitrogen and oxygen atoms in total. The van der Waals surface area contributed by atoms with Gasteiger partial charge in [-0.3, -0.25) is 4.79 Å². The van der Waals surface area contributed by atoms with E-state index in [9.17, 15) is 4.79 Å². The van der Waals surface area contributed by atoms with Crippen LogP contribution in [0.2, 0.25) is 0 Å². The van der Waals surface area contributed by atoms with E-state index in [0.29, 0.717) is 6.54 Å². The lowest BCUT2D eigenvalue weighted by molar-refractivity contribution is -0.137. The van der Waals surface area contributed by atoms with Crippen molar-refractivity contribution in [2.75, 3.05) is 40.3 Å². The zero-order chi connectivity index (χ0) is 15.2. The molecule has 118 valence electrons. The van der Waals surface area contributed by atoms with Crippen LogP contribution in [0.4, 0.5) is 0 Å². The Morgan fingerprint density at radius 2 is 2.19 bits per heavy atom. The van der Waals surface area contributed by atoms with Crippen LogP contribution in [-0.2, 0) is 11.3 Å². The first-order chi connectivity index (χ1) is 10.1. The number of carbonyl (C=O) groups excluding carboxylic acids is 1. The molecule has 1 N–H and O–H groups in total. The minimum atomic E-state index is 0.108. The van der Waals surface area contributed by atoms with Crippen molar-refractivity contribution in [2.45, 2.75) is 26.3 Å². The van der Waals surface area contributed by atoms with Gasteiger partial charge in [0.25, 0.3) is 0 Å². The van der Waals surface area contributed by atoms with Crippen molar-refractivity contribution in [1.29, 1.82) is 0 Å². The minimum Gasteiger partial charge on any atom is -0.464 e. The number of hydrogen-bond acceptors (Lipinski definition) is 4. The molecule has 1 atom stereocenters. The molecule has 2 rings (SSSR count). The topological polar surface area (TPSA) is 48.7 Å². The van der Waals surface area contributed by atoms with E-state index in [2.05, 4.69) is 10.2 Å². The lowest BCUT2D eigenvalue weighted by Gasteiger charge is -2.30. The summed E-state index contributed by atoms with van der Waals surface area (Å²) < 4.78 is 5.64.